The van der Waals surface area contributed by atoms with E-state index in [1.54, 1.807) is 0 Å². The van der Waals surface area contributed by atoms with Gasteiger partial charge in [0.2, 0.25) is 0 Å². The summed E-state index contributed by atoms with van der Waals surface area (Å²) in [6.07, 6.45) is 0. The molecule has 1 atom stereocenters. The molecule has 0 aliphatic rings. The van der Waals surface area contributed by atoms with E-state index in [0.29, 0.717) is 5.92 Å². The standard InChI is InChI=1S/C14H16P/c1-11(2)13-9-5-6-10-14(13)15-12-7-3-4-8-12/h3-11,15H,1-2H3/q-1. The molecule has 0 radical (unpaired) electrons. The zero-order valence-corrected chi connectivity index (χ0v) is 10.2. The fraction of sp³-hybridized carbons (Fsp3) is 0.214. The molecule has 15 heavy (non-hydrogen) atoms. The topological polar surface area (TPSA) is 0 Å². The second-order valence-corrected chi connectivity index (χ2v) is 5.41. The van der Waals surface area contributed by atoms with Gasteiger partial charge in [-0.1, -0.05) is 38.1 Å². The van der Waals surface area contributed by atoms with Gasteiger partial charge in [0, 0.05) is 0 Å². The maximum absolute atomic E-state index is 2.26. The highest BCUT2D eigenvalue weighted by Gasteiger charge is 2.03. The molecule has 0 amide bonds. The highest BCUT2D eigenvalue weighted by Crippen LogP contribution is 2.19. The third kappa shape index (κ3) is 2.52. The van der Waals surface area contributed by atoms with Gasteiger partial charge in [-0.05, 0) is 16.8 Å². The zero-order valence-electron chi connectivity index (χ0n) is 9.20. The van der Waals surface area contributed by atoms with Crippen molar-refractivity contribution in [1.29, 1.82) is 0 Å². The molecule has 0 N–H and O–H groups in total. The monoisotopic (exact) mass is 215 g/mol. The molecule has 2 rings (SSSR count). The second kappa shape index (κ2) is 4.68. The summed E-state index contributed by atoms with van der Waals surface area (Å²) in [5.41, 5.74) is 1.48. The highest BCUT2D eigenvalue weighted by atomic mass is 31.1. The first kappa shape index (κ1) is 10.5. The normalized spacial score (nSPS) is 11.7. The summed E-state index contributed by atoms with van der Waals surface area (Å²) >= 11 is 0. The molecular formula is C14H16P-. The van der Waals surface area contributed by atoms with Gasteiger partial charge < -0.3 is 0 Å². The molecule has 1 unspecified atom stereocenters. The van der Waals surface area contributed by atoms with Crippen LogP contribution >= 0.6 is 8.58 Å². The molecule has 0 spiro atoms. The molecule has 2 aromatic carbocycles. The zero-order chi connectivity index (χ0) is 10.7. The second-order valence-electron chi connectivity index (χ2n) is 4.04. The van der Waals surface area contributed by atoms with E-state index >= 15 is 0 Å². The van der Waals surface area contributed by atoms with Crippen molar-refractivity contribution in [3.63, 3.8) is 0 Å². The summed E-state index contributed by atoms with van der Waals surface area (Å²) in [5.74, 6) is 0.615. The maximum Gasteiger partial charge on any atom is -0.0213 e. The number of rotatable bonds is 3. The number of hydrogen-bond donors (Lipinski definition) is 0. The predicted molar refractivity (Wildman–Crippen MR) is 70.1 cm³/mol. The van der Waals surface area contributed by atoms with Crippen LogP contribution in [0.25, 0.3) is 0 Å². The quantitative estimate of drug-likeness (QED) is 0.545. The molecule has 2 aromatic rings. The summed E-state index contributed by atoms with van der Waals surface area (Å²) < 4.78 is 0. The van der Waals surface area contributed by atoms with Crippen LogP contribution in [0.3, 0.4) is 0 Å². The van der Waals surface area contributed by atoms with Gasteiger partial charge >= 0.3 is 0 Å². The summed E-state index contributed by atoms with van der Waals surface area (Å²) in [6, 6.07) is 17.4. The van der Waals surface area contributed by atoms with Crippen LogP contribution in [-0.2, 0) is 0 Å². The van der Waals surface area contributed by atoms with Crippen LogP contribution in [0.15, 0.2) is 48.5 Å². The van der Waals surface area contributed by atoms with E-state index in [1.807, 2.05) is 0 Å². The summed E-state index contributed by atoms with van der Waals surface area (Å²) in [6.45, 7) is 4.52. The Balaban J connectivity index is 2.28. The van der Waals surface area contributed by atoms with Crippen molar-refractivity contribution < 1.29 is 0 Å². The fourth-order valence-electron chi connectivity index (χ4n) is 1.73. The third-order valence-electron chi connectivity index (χ3n) is 2.52. The van der Waals surface area contributed by atoms with Gasteiger partial charge in [-0.15, -0.1) is 8.58 Å². The number of benzene rings is 1. The third-order valence-corrected chi connectivity index (χ3v) is 3.87. The Morgan fingerprint density at radius 1 is 1.13 bits per heavy atom. The molecule has 1 heteroatoms. The average molecular weight is 215 g/mol. The van der Waals surface area contributed by atoms with Crippen molar-refractivity contribution in [2.45, 2.75) is 19.8 Å². The lowest BCUT2D eigenvalue weighted by molar-refractivity contribution is 0.874. The van der Waals surface area contributed by atoms with Gasteiger partial charge in [0.25, 0.3) is 0 Å². The number of hydrogen-bond acceptors (Lipinski definition) is 0. The first-order chi connectivity index (χ1) is 7.27. The van der Waals surface area contributed by atoms with Crippen LogP contribution in [-0.4, -0.2) is 0 Å². The average Bonchev–Trinajstić information content (AvgIpc) is 2.71. The van der Waals surface area contributed by atoms with Crippen molar-refractivity contribution in [2.24, 2.45) is 0 Å². The highest BCUT2D eigenvalue weighted by molar-refractivity contribution is 7.55. The largest absolute Gasteiger partial charge is 0.206 e. The van der Waals surface area contributed by atoms with Crippen LogP contribution in [0, 0.1) is 0 Å². The maximum atomic E-state index is 2.26. The lowest BCUT2D eigenvalue weighted by Crippen LogP contribution is -2.08. The van der Waals surface area contributed by atoms with Crippen molar-refractivity contribution in [2.75, 3.05) is 0 Å². The Hall–Kier alpha value is -1.00. The Morgan fingerprint density at radius 2 is 1.93 bits per heavy atom. The Morgan fingerprint density at radius 3 is 2.60 bits per heavy atom. The summed E-state index contributed by atoms with van der Waals surface area (Å²) in [4.78, 5) is 0. The molecule has 0 aliphatic carbocycles. The SMILES string of the molecule is CC(C)c1ccccc1Pc1cc[cH-]c1. The van der Waals surface area contributed by atoms with Gasteiger partial charge in [0.15, 0.2) is 0 Å². The van der Waals surface area contributed by atoms with E-state index in [0.717, 1.165) is 8.58 Å². The minimum atomic E-state index is 0.615. The van der Waals surface area contributed by atoms with Gasteiger partial charge in [0.1, 0.15) is 0 Å². The molecule has 0 bridgehead atoms. The molecule has 0 saturated heterocycles. The van der Waals surface area contributed by atoms with Gasteiger partial charge in [0.05, 0.1) is 0 Å². The fourth-order valence-corrected chi connectivity index (χ4v) is 3.09. The predicted octanol–water partition coefficient (Wildman–Crippen LogP) is 3.16. The van der Waals surface area contributed by atoms with E-state index in [1.165, 1.54) is 16.2 Å². The summed E-state index contributed by atoms with van der Waals surface area (Å²) in [7, 11) is 0.793. The lowest BCUT2D eigenvalue weighted by atomic mass is 10.0. The first-order valence-corrected chi connectivity index (χ1v) is 6.35. The minimum absolute atomic E-state index is 0.615. The smallest absolute Gasteiger partial charge is 0.0213 e. The molecular weight excluding hydrogens is 199 g/mol. The van der Waals surface area contributed by atoms with E-state index in [4.69, 9.17) is 0 Å². The summed E-state index contributed by atoms with van der Waals surface area (Å²) in [5, 5.41) is 2.92. The van der Waals surface area contributed by atoms with Crippen LogP contribution < -0.4 is 10.6 Å². The molecule has 0 aliphatic heterocycles. The molecule has 0 aromatic heterocycles. The molecule has 0 saturated carbocycles. The molecule has 78 valence electrons. The van der Waals surface area contributed by atoms with Gasteiger partial charge in [-0.3, -0.25) is 0 Å². The first-order valence-electron chi connectivity index (χ1n) is 5.35. The van der Waals surface area contributed by atoms with Crippen molar-refractivity contribution >= 4 is 19.2 Å². The van der Waals surface area contributed by atoms with Gasteiger partial charge in [-0.2, -0.15) is 23.5 Å². The molecule has 0 nitrogen and oxygen atoms in total. The van der Waals surface area contributed by atoms with Gasteiger partial charge in [-0.25, -0.2) is 6.07 Å². The van der Waals surface area contributed by atoms with Crippen molar-refractivity contribution in [3.8, 4) is 0 Å². The molecule has 0 fully saturated rings. The van der Waals surface area contributed by atoms with E-state index < -0.39 is 0 Å². The molecule has 0 heterocycles. The van der Waals surface area contributed by atoms with E-state index in [9.17, 15) is 0 Å². The Kier molecular flexibility index (Phi) is 3.28. The van der Waals surface area contributed by atoms with Crippen molar-refractivity contribution in [1.82, 2.24) is 0 Å². The Bertz CT molecular complexity index is 413. The minimum Gasteiger partial charge on any atom is -0.206 e. The lowest BCUT2D eigenvalue weighted by Gasteiger charge is -2.14. The Labute approximate surface area is 93.5 Å². The van der Waals surface area contributed by atoms with E-state index in [-0.39, 0.29) is 0 Å². The van der Waals surface area contributed by atoms with Crippen LogP contribution in [0.2, 0.25) is 0 Å². The van der Waals surface area contributed by atoms with Crippen LogP contribution in [0.5, 0.6) is 0 Å². The van der Waals surface area contributed by atoms with Crippen molar-refractivity contribution in [3.05, 3.63) is 54.1 Å². The van der Waals surface area contributed by atoms with E-state index in [2.05, 4.69) is 62.4 Å². The van der Waals surface area contributed by atoms with Crippen LogP contribution in [0.4, 0.5) is 0 Å². The van der Waals surface area contributed by atoms with Crippen LogP contribution in [0.1, 0.15) is 25.3 Å².